The molecule has 1 aromatic heterocycles. The Bertz CT molecular complexity index is 572. The zero-order chi connectivity index (χ0) is 13.0. The number of aromatic nitrogens is 1. The van der Waals surface area contributed by atoms with Crippen molar-refractivity contribution in [2.24, 2.45) is 0 Å². The summed E-state index contributed by atoms with van der Waals surface area (Å²) in [5.41, 5.74) is 6.32. The minimum atomic E-state index is -0.341. The van der Waals surface area contributed by atoms with Gasteiger partial charge in [-0.15, -0.1) is 0 Å². The van der Waals surface area contributed by atoms with Gasteiger partial charge in [-0.2, -0.15) is 0 Å². The SMILES string of the molecule is Nc1cc(C(=O)NCc2ccccc2F)ccn1. The summed E-state index contributed by atoms with van der Waals surface area (Å²) in [6.07, 6.45) is 1.45. The highest BCUT2D eigenvalue weighted by Gasteiger charge is 2.07. The predicted molar refractivity (Wildman–Crippen MR) is 66.2 cm³/mol. The number of hydrogen-bond acceptors (Lipinski definition) is 3. The molecule has 1 aromatic carbocycles. The van der Waals surface area contributed by atoms with Crippen molar-refractivity contribution in [2.75, 3.05) is 5.73 Å². The number of nitrogens with one attached hydrogen (secondary N) is 1. The maximum atomic E-state index is 13.3. The molecular weight excluding hydrogens is 233 g/mol. The van der Waals surface area contributed by atoms with E-state index in [1.165, 1.54) is 18.3 Å². The molecule has 1 heterocycles. The normalized spacial score (nSPS) is 10.1. The molecule has 18 heavy (non-hydrogen) atoms. The predicted octanol–water partition coefficient (Wildman–Crippen LogP) is 1.73. The van der Waals surface area contributed by atoms with Crippen LogP contribution in [0.25, 0.3) is 0 Å². The number of pyridine rings is 1. The summed E-state index contributed by atoms with van der Waals surface area (Å²) < 4.78 is 13.3. The van der Waals surface area contributed by atoms with Crippen LogP contribution in [-0.2, 0) is 6.54 Å². The van der Waals surface area contributed by atoms with E-state index in [9.17, 15) is 9.18 Å². The van der Waals surface area contributed by atoms with Gasteiger partial charge in [0.2, 0.25) is 0 Å². The number of carbonyl (C=O) groups is 1. The second-order valence-electron chi connectivity index (χ2n) is 3.74. The number of nitrogens with two attached hydrogens (primary N) is 1. The third-order valence-electron chi connectivity index (χ3n) is 2.44. The summed E-state index contributed by atoms with van der Waals surface area (Å²) in [4.78, 5) is 15.6. The zero-order valence-corrected chi connectivity index (χ0v) is 9.56. The first kappa shape index (κ1) is 12.0. The van der Waals surface area contributed by atoms with Crippen LogP contribution in [0.1, 0.15) is 15.9 Å². The molecule has 0 atom stereocenters. The van der Waals surface area contributed by atoms with Crippen molar-refractivity contribution in [1.82, 2.24) is 10.3 Å². The van der Waals surface area contributed by atoms with E-state index in [0.717, 1.165) is 0 Å². The van der Waals surface area contributed by atoms with E-state index < -0.39 is 0 Å². The number of rotatable bonds is 3. The Morgan fingerprint density at radius 3 is 2.83 bits per heavy atom. The molecule has 0 spiro atoms. The first-order valence-corrected chi connectivity index (χ1v) is 5.40. The largest absolute Gasteiger partial charge is 0.384 e. The molecule has 0 aliphatic heterocycles. The molecule has 0 aliphatic carbocycles. The molecule has 0 saturated carbocycles. The Morgan fingerprint density at radius 2 is 2.11 bits per heavy atom. The summed E-state index contributed by atoms with van der Waals surface area (Å²) in [6, 6.07) is 9.31. The van der Waals surface area contributed by atoms with Crippen molar-refractivity contribution in [1.29, 1.82) is 0 Å². The van der Waals surface area contributed by atoms with E-state index in [0.29, 0.717) is 11.1 Å². The lowest BCUT2D eigenvalue weighted by Crippen LogP contribution is -2.23. The quantitative estimate of drug-likeness (QED) is 0.865. The Kier molecular flexibility index (Phi) is 3.52. The molecule has 2 aromatic rings. The number of benzene rings is 1. The van der Waals surface area contributed by atoms with Crippen molar-refractivity contribution in [3.8, 4) is 0 Å². The van der Waals surface area contributed by atoms with Gasteiger partial charge < -0.3 is 11.1 Å². The number of carbonyl (C=O) groups excluding carboxylic acids is 1. The average molecular weight is 245 g/mol. The van der Waals surface area contributed by atoms with Crippen LogP contribution in [0.5, 0.6) is 0 Å². The first-order chi connectivity index (χ1) is 8.66. The van der Waals surface area contributed by atoms with E-state index in [-0.39, 0.29) is 24.1 Å². The first-order valence-electron chi connectivity index (χ1n) is 5.40. The molecule has 92 valence electrons. The van der Waals surface area contributed by atoms with Gasteiger partial charge in [0.05, 0.1) is 0 Å². The van der Waals surface area contributed by atoms with Crippen molar-refractivity contribution < 1.29 is 9.18 Å². The molecular formula is C13H12FN3O. The van der Waals surface area contributed by atoms with Crippen LogP contribution in [-0.4, -0.2) is 10.9 Å². The third kappa shape index (κ3) is 2.82. The highest BCUT2D eigenvalue weighted by atomic mass is 19.1. The molecule has 0 unspecified atom stereocenters. The molecule has 0 aliphatic rings. The van der Waals surface area contributed by atoms with Gasteiger partial charge in [-0.25, -0.2) is 9.37 Å². The van der Waals surface area contributed by atoms with E-state index in [4.69, 9.17) is 5.73 Å². The summed E-state index contributed by atoms with van der Waals surface area (Å²) in [6.45, 7) is 0.133. The van der Waals surface area contributed by atoms with Crippen molar-refractivity contribution >= 4 is 11.7 Å². The van der Waals surface area contributed by atoms with E-state index in [2.05, 4.69) is 10.3 Å². The van der Waals surface area contributed by atoms with Crippen LogP contribution in [0, 0.1) is 5.82 Å². The summed E-state index contributed by atoms with van der Waals surface area (Å²) in [7, 11) is 0. The van der Waals surface area contributed by atoms with E-state index in [1.54, 1.807) is 24.3 Å². The topological polar surface area (TPSA) is 68.0 Å². The number of nitrogen functional groups attached to an aromatic ring is 1. The second kappa shape index (κ2) is 5.27. The minimum Gasteiger partial charge on any atom is -0.384 e. The molecule has 2 rings (SSSR count). The fourth-order valence-corrected chi connectivity index (χ4v) is 1.51. The smallest absolute Gasteiger partial charge is 0.251 e. The third-order valence-corrected chi connectivity index (χ3v) is 2.44. The Labute approximate surface area is 104 Å². The molecule has 0 saturated heterocycles. The minimum absolute atomic E-state index is 0.133. The van der Waals surface area contributed by atoms with Crippen molar-refractivity contribution in [2.45, 2.75) is 6.54 Å². The van der Waals surface area contributed by atoms with Gasteiger partial charge >= 0.3 is 0 Å². The van der Waals surface area contributed by atoms with Crippen LogP contribution >= 0.6 is 0 Å². The molecule has 0 bridgehead atoms. The van der Waals surface area contributed by atoms with Crippen LogP contribution in [0.4, 0.5) is 10.2 Å². The maximum absolute atomic E-state index is 13.3. The molecule has 0 radical (unpaired) electrons. The number of hydrogen-bond donors (Lipinski definition) is 2. The molecule has 1 amide bonds. The number of anilines is 1. The van der Waals surface area contributed by atoms with Gasteiger partial charge in [0.25, 0.3) is 5.91 Å². The number of halogens is 1. The zero-order valence-electron chi connectivity index (χ0n) is 9.56. The molecule has 3 N–H and O–H groups in total. The van der Waals surface area contributed by atoms with Gasteiger partial charge in [-0.05, 0) is 18.2 Å². The summed E-state index contributed by atoms with van der Waals surface area (Å²) in [5.74, 6) is -0.382. The molecule has 4 nitrogen and oxygen atoms in total. The van der Waals surface area contributed by atoms with Crippen molar-refractivity contribution in [3.05, 3.63) is 59.5 Å². The monoisotopic (exact) mass is 245 g/mol. The van der Waals surface area contributed by atoms with Crippen LogP contribution in [0.15, 0.2) is 42.6 Å². The van der Waals surface area contributed by atoms with Crippen LogP contribution in [0.2, 0.25) is 0 Å². The Hall–Kier alpha value is -2.43. The van der Waals surface area contributed by atoms with E-state index in [1.807, 2.05) is 0 Å². The number of amides is 1. The lowest BCUT2D eigenvalue weighted by molar-refractivity contribution is 0.0950. The summed E-state index contributed by atoms with van der Waals surface area (Å²) in [5, 5.41) is 2.62. The Balaban J connectivity index is 2.03. The van der Waals surface area contributed by atoms with Gasteiger partial charge in [0, 0.05) is 23.9 Å². The Morgan fingerprint density at radius 1 is 1.33 bits per heavy atom. The average Bonchev–Trinajstić information content (AvgIpc) is 2.37. The highest BCUT2D eigenvalue weighted by Crippen LogP contribution is 2.07. The summed E-state index contributed by atoms with van der Waals surface area (Å²) >= 11 is 0. The maximum Gasteiger partial charge on any atom is 0.251 e. The van der Waals surface area contributed by atoms with Crippen molar-refractivity contribution in [3.63, 3.8) is 0 Å². The molecule has 5 heteroatoms. The highest BCUT2D eigenvalue weighted by molar-refractivity contribution is 5.94. The number of nitrogens with zero attached hydrogens (tertiary/aromatic N) is 1. The van der Waals surface area contributed by atoms with Gasteiger partial charge in [0.15, 0.2) is 0 Å². The fraction of sp³-hybridized carbons (Fsp3) is 0.0769. The van der Waals surface area contributed by atoms with E-state index >= 15 is 0 Å². The second-order valence-corrected chi connectivity index (χ2v) is 3.74. The standard InChI is InChI=1S/C13H12FN3O/c14-11-4-2-1-3-10(11)8-17-13(18)9-5-6-16-12(15)7-9/h1-7H,8H2,(H2,15,16)(H,17,18). The lowest BCUT2D eigenvalue weighted by Gasteiger charge is -2.06. The lowest BCUT2D eigenvalue weighted by atomic mass is 10.2. The van der Waals surface area contributed by atoms with Gasteiger partial charge in [0.1, 0.15) is 11.6 Å². The van der Waals surface area contributed by atoms with Crippen LogP contribution in [0.3, 0.4) is 0 Å². The van der Waals surface area contributed by atoms with Crippen LogP contribution < -0.4 is 11.1 Å². The van der Waals surface area contributed by atoms with Gasteiger partial charge in [-0.3, -0.25) is 4.79 Å². The fourth-order valence-electron chi connectivity index (χ4n) is 1.51. The van der Waals surface area contributed by atoms with Gasteiger partial charge in [-0.1, -0.05) is 18.2 Å². The molecule has 0 fully saturated rings.